The van der Waals surface area contributed by atoms with Gasteiger partial charge < -0.3 is 14.9 Å². The molecule has 160 valence electrons. The average Bonchev–Trinajstić information content (AvgIpc) is 3.22. The minimum atomic E-state index is -0.640. The van der Waals surface area contributed by atoms with Gasteiger partial charge in [0.25, 0.3) is 0 Å². The Morgan fingerprint density at radius 3 is 2.62 bits per heavy atom. The maximum Gasteiger partial charge on any atom is 0.155 e. The largest absolute Gasteiger partial charge is 0.393 e. The molecule has 1 spiro atoms. The Hall–Kier alpha value is -0.970. The predicted molar refractivity (Wildman–Crippen MR) is 111 cm³/mol. The van der Waals surface area contributed by atoms with Crippen molar-refractivity contribution in [3.05, 3.63) is 23.3 Å². The lowest BCUT2D eigenvalue weighted by Crippen LogP contribution is -2.53. The highest BCUT2D eigenvalue weighted by Gasteiger charge is 2.65. The van der Waals surface area contributed by atoms with E-state index in [9.17, 15) is 15.0 Å². The molecule has 4 nitrogen and oxygen atoms in total. The molecule has 0 amide bonds. The van der Waals surface area contributed by atoms with Gasteiger partial charge in [0.2, 0.25) is 0 Å². The first-order chi connectivity index (χ1) is 13.7. The number of allylic oxidation sites excluding steroid dienone is 3. The second-order valence-corrected chi connectivity index (χ2v) is 10.8. The van der Waals surface area contributed by atoms with Crippen molar-refractivity contribution in [2.45, 2.75) is 96.6 Å². The minimum absolute atomic E-state index is 0.0124. The van der Waals surface area contributed by atoms with Gasteiger partial charge in [0.05, 0.1) is 11.7 Å². The fourth-order valence-electron chi connectivity index (χ4n) is 7.92. The number of carbonyl (C=O) groups is 1. The van der Waals surface area contributed by atoms with Gasteiger partial charge in [-0.2, -0.15) is 0 Å². The molecular formula is C25H36O4. The number of hydrogen-bond acceptors (Lipinski definition) is 4. The van der Waals surface area contributed by atoms with Crippen molar-refractivity contribution in [1.82, 2.24) is 0 Å². The molecule has 1 heterocycles. The van der Waals surface area contributed by atoms with Crippen molar-refractivity contribution in [1.29, 1.82) is 0 Å². The van der Waals surface area contributed by atoms with Crippen LogP contribution in [-0.4, -0.2) is 34.0 Å². The molecule has 4 unspecified atom stereocenters. The Labute approximate surface area is 174 Å². The molecule has 0 bridgehead atoms. The zero-order valence-corrected chi connectivity index (χ0v) is 18.1. The lowest BCUT2D eigenvalue weighted by Gasteiger charge is -2.56. The molecule has 0 aromatic carbocycles. The molecular weight excluding hydrogens is 364 g/mol. The topological polar surface area (TPSA) is 66.8 Å². The Morgan fingerprint density at radius 2 is 1.93 bits per heavy atom. The highest BCUT2D eigenvalue weighted by Crippen LogP contribution is 2.68. The Balaban J connectivity index is 1.61. The molecule has 0 aromatic rings. The number of fused-ring (bicyclic) bond motifs is 6. The molecule has 0 aromatic heterocycles. The van der Waals surface area contributed by atoms with E-state index in [2.05, 4.69) is 26.0 Å². The zero-order valence-electron chi connectivity index (χ0n) is 18.1. The number of ether oxygens (including phenoxy) is 1. The van der Waals surface area contributed by atoms with E-state index in [1.807, 2.05) is 6.92 Å². The van der Waals surface area contributed by atoms with Crippen LogP contribution in [0.25, 0.3) is 0 Å². The van der Waals surface area contributed by atoms with E-state index >= 15 is 0 Å². The van der Waals surface area contributed by atoms with Gasteiger partial charge in [0.15, 0.2) is 6.29 Å². The maximum atomic E-state index is 13.1. The van der Waals surface area contributed by atoms with Gasteiger partial charge in [-0.05, 0) is 56.8 Å². The first-order valence-corrected chi connectivity index (χ1v) is 11.7. The summed E-state index contributed by atoms with van der Waals surface area (Å²) in [6, 6.07) is 0. The second kappa shape index (κ2) is 6.51. The van der Waals surface area contributed by atoms with E-state index in [0.717, 1.165) is 44.9 Å². The average molecular weight is 401 g/mol. The third-order valence-electron chi connectivity index (χ3n) is 9.68. The van der Waals surface area contributed by atoms with Gasteiger partial charge in [0, 0.05) is 29.6 Å². The fourth-order valence-corrected chi connectivity index (χ4v) is 7.92. The van der Waals surface area contributed by atoms with Crippen LogP contribution in [0.4, 0.5) is 0 Å². The minimum Gasteiger partial charge on any atom is -0.393 e. The molecule has 2 N–H and O–H groups in total. The number of Topliss-reactive ketones (excluding diaryl/α,β-unsaturated/α-hetero) is 1. The molecule has 3 fully saturated rings. The third-order valence-corrected chi connectivity index (χ3v) is 9.68. The van der Waals surface area contributed by atoms with Gasteiger partial charge >= 0.3 is 0 Å². The summed E-state index contributed by atoms with van der Waals surface area (Å²) < 4.78 is 6.22. The molecule has 2 saturated carbocycles. The molecule has 1 saturated heterocycles. The predicted octanol–water partition coefficient (Wildman–Crippen LogP) is 4.30. The molecule has 29 heavy (non-hydrogen) atoms. The van der Waals surface area contributed by atoms with Gasteiger partial charge in [-0.25, -0.2) is 0 Å². The number of carbonyl (C=O) groups excluding carboxylic acids is 1. The number of hydrogen-bond donors (Lipinski definition) is 2. The van der Waals surface area contributed by atoms with Gasteiger partial charge in [-0.1, -0.05) is 44.1 Å². The van der Waals surface area contributed by atoms with Crippen LogP contribution in [0.3, 0.4) is 0 Å². The summed E-state index contributed by atoms with van der Waals surface area (Å²) in [7, 11) is 0. The van der Waals surface area contributed by atoms with E-state index in [1.54, 1.807) is 0 Å². The second-order valence-electron chi connectivity index (χ2n) is 10.8. The molecule has 4 heteroatoms. The third kappa shape index (κ3) is 2.58. The molecule has 5 aliphatic rings. The van der Waals surface area contributed by atoms with Crippen LogP contribution in [0.5, 0.6) is 0 Å². The lowest BCUT2D eigenvalue weighted by atomic mass is 9.48. The van der Waals surface area contributed by atoms with Gasteiger partial charge in [0.1, 0.15) is 5.78 Å². The molecule has 4 aliphatic carbocycles. The molecule has 8 atom stereocenters. The monoisotopic (exact) mass is 400 g/mol. The van der Waals surface area contributed by atoms with Crippen LogP contribution < -0.4 is 0 Å². The summed E-state index contributed by atoms with van der Waals surface area (Å²) in [6.07, 6.45) is 11.5. The summed E-state index contributed by atoms with van der Waals surface area (Å²) in [4.78, 5) is 13.1. The van der Waals surface area contributed by atoms with Crippen LogP contribution >= 0.6 is 0 Å². The van der Waals surface area contributed by atoms with Crippen LogP contribution in [0.2, 0.25) is 0 Å². The summed E-state index contributed by atoms with van der Waals surface area (Å²) in [5.74, 6) is 0.902. The van der Waals surface area contributed by atoms with E-state index in [4.69, 9.17) is 4.74 Å². The summed E-state index contributed by atoms with van der Waals surface area (Å²) >= 11 is 0. The molecule has 5 rings (SSSR count). The highest BCUT2D eigenvalue weighted by atomic mass is 16.6. The first kappa shape index (κ1) is 20.0. The van der Waals surface area contributed by atoms with E-state index in [-0.39, 0.29) is 34.4 Å². The number of aliphatic hydroxyl groups is 2. The van der Waals surface area contributed by atoms with Crippen molar-refractivity contribution in [3.63, 3.8) is 0 Å². The van der Waals surface area contributed by atoms with Gasteiger partial charge in [-0.3, -0.25) is 4.79 Å². The number of ketones is 1. The molecule has 0 radical (unpaired) electrons. The SMILES string of the molecule is CCC(=O)[C@@H]1C=C2CC(O)CC[C@]2(C)C2=CC[C@@]3(C)C(CCC34CCC(O)O4)[C@@H]21. The van der Waals surface area contributed by atoms with Crippen molar-refractivity contribution in [3.8, 4) is 0 Å². The quantitative estimate of drug-likeness (QED) is 0.678. The summed E-state index contributed by atoms with van der Waals surface area (Å²) in [5, 5.41) is 20.5. The summed E-state index contributed by atoms with van der Waals surface area (Å²) in [6.45, 7) is 6.68. The Bertz CT molecular complexity index is 784. The van der Waals surface area contributed by atoms with Crippen LogP contribution in [0, 0.1) is 28.6 Å². The standard InChI is InChI=1S/C25H36O4/c1-4-20(27)17-14-15-13-16(26)5-9-23(15,2)18-6-10-24(3)19(22(17)18)7-11-25(24)12-8-21(28)29-25/h6,14,16-17,19,21-22,26,28H,4-5,7-13H2,1-3H3/t16?,17-,19?,21?,22+,23-,24-,25?/m0/s1. The van der Waals surface area contributed by atoms with E-state index < -0.39 is 6.29 Å². The number of aliphatic hydroxyl groups excluding tert-OH is 2. The molecule has 1 aliphatic heterocycles. The maximum absolute atomic E-state index is 13.1. The normalized spacial score (nSPS) is 51.1. The fraction of sp³-hybridized carbons (Fsp3) is 0.800. The lowest BCUT2D eigenvalue weighted by molar-refractivity contribution is -0.182. The van der Waals surface area contributed by atoms with Crippen LogP contribution in [0.15, 0.2) is 23.3 Å². The van der Waals surface area contributed by atoms with Crippen molar-refractivity contribution >= 4 is 5.78 Å². The van der Waals surface area contributed by atoms with E-state index in [0.29, 0.717) is 24.5 Å². The smallest absolute Gasteiger partial charge is 0.155 e. The van der Waals surface area contributed by atoms with Crippen molar-refractivity contribution < 1.29 is 19.7 Å². The van der Waals surface area contributed by atoms with Crippen LogP contribution in [-0.2, 0) is 9.53 Å². The Morgan fingerprint density at radius 1 is 1.17 bits per heavy atom. The number of rotatable bonds is 2. The zero-order chi connectivity index (χ0) is 20.6. The van der Waals surface area contributed by atoms with E-state index in [1.165, 1.54) is 11.1 Å². The Kier molecular flexibility index (Phi) is 4.48. The van der Waals surface area contributed by atoms with Crippen LogP contribution in [0.1, 0.15) is 78.6 Å². The van der Waals surface area contributed by atoms with Crippen molar-refractivity contribution in [2.75, 3.05) is 0 Å². The van der Waals surface area contributed by atoms with Gasteiger partial charge in [-0.15, -0.1) is 0 Å². The first-order valence-electron chi connectivity index (χ1n) is 11.7. The summed E-state index contributed by atoms with van der Waals surface area (Å²) in [5.41, 5.74) is 2.47. The van der Waals surface area contributed by atoms with Crippen molar-refractivity contribution in [2.24, 2.45) is 28.6 Å². The highest BCUT2D eigenvalue weighted by molar-refractivity contribution is 5.84.